The lowest BCUT2D eigenvalue weighted by Crippen LogP contribution is -2.44. The number of carbonyl (C=O) groups excluding carboxylic acids is 1. The first-order valence-corrected chi connectivity index (χ1v) is 9.76. The molecule has 8 heteroatoms. The molecule has 0 saturated carbocycles. The fourth-order valence-corrected chi connectivity index (χ4v) is 4.99. The summed E-state index contributed by atoms with van der Waals surface area (Å²) in [6, 6.07) is 2.13. The molecule has 0 radical (unpaired) electrons. The highest BCUT2D eigenvalue weighted by molar-refractivity contribution is 7.89. The average Bonchev–Trinajstić information content (AvgIpc) is 3.12. The molecule has 0 aliphatic carbocycles. The standard InChI is InChI=1S/C15H24N4O3S/c1-12-9-13(2)19(16-12)10-14-5-3-7-18(14)15(20)11-17-6-4-8-23(17,21)22/h9,14H,3-8,10-11H2,1-2H3/t14-/m1/s1. The smallest absolute Gasteiger partial charge is 0.238 e. The minimum atomic E-state index is -3.22. The number of carbonyl (C=O) groups is 1. The van der Waals surface area contributed by atoms with Crippen LogP contribution in [0.15, 0.2) is 6.07 Å². The highest BCUT2D eigenvalue weighted by atomic mass is 32.2. The largest absolute Gasteiger partial charge is 0.337 e. The molecule has 0 spiro atoms. The van der Waals surface area contributed by atoms with Crippen molar-refractivity contribution in [1.29, 1.82) is 0 Å². The van der Waals surface area contributed by atoms with Gasteiger partial charge in [-0.05, 0) is 39.2 Å². The number of rotatable bonds is 4. The molecule has 0 aromatic carbocycles. The van der Waals surface area contributed by atoms with Crippen LogP contribution in [0.25, 0.3) is 0 Å². The molecule has 3 heterocycles. The van der Waals surface area contributed by atoms with Crippen molar-refractivity contribution < 1.29 is 13.2 Å². The molecule has 2 aliphatic rings. The van der Waals surface area contributed by atoms with E-state index in [2.05, 4.69) is 5.10 Å². The third-order valence-electron chi connectivity index (χ3n) is 4.70. The molecule has 128 valence electrons. The summed E-state index contributed by atoms with van der Waals surface area (Å²) in [5.41, 5.74) is 2.06. The summed E-state index contributed by atoms with van der Waals surface area (Å²) in [6.07, 6.45) is 2.52. The molecule has 1 aromatic rings. The number of nitrogens with zero attached hydrogens (tertiary/aromatic N) is 4. The predicted molar refractivity (Wildman–Crippen MR) is 86.4 cm³/mol. The molecule has 3 rings (SSSR count). The number of likely N-dealkylation sites (tertiary alicyclic amines) is 1. The molecule has 1 aromatic heterocycles. The van der Waals surface area contributed by atoms with Crippen LogP contribution in [0.2, 0.25) is 0 Å². The van der Waals surface area contributed by atoms with Gasteiger partial charge in [-0.25, -0.2) is 8.42 Å². The number of aromatic nitrogens is 2. The van der Waals surface area contributed by atoms with Gasteiger partial charge < -0.3 is 4.90 Å². The van der Waals surface area contributed by atoms with E-state index in [0.717, 1.165) is 24.2 Å². The molecule has 1 atom stereocenters. The molecule has 0 bridgehead atoms. The van der Waals surface area contributed by atoms with E-state index in [1.54, 1.807) is 0 Å². The molecular weight excluding hydrogens is 316 g/mol. The zero-order chi connectivity index (χ0) is 16.6. The second kappa shape index (κ2) is 6.24. The lowest BCUT2D eigenvalue weighted by molar-refractivity contribution is -0.132. The molecule has 2 fully saturated rings. The van der Waals surface area contributed by atoms with Crippen LogP contribution in [-0.4, -0.2) is 64.7 Å². The maximum Gasteiger partial charge on any atom is 0.238 e. The first-order chi connectivity index (χ1) is 10.9. The van der Waals surface area contributed by atoms with Gasteiger partial charge in [-0.15, -0.1) is 0 Å². The van der Waals surface area contributed by atoms with Gasteiger partial charge in [0.2, 0.25) is 15.9 Å². The van der Waals surface area contributed by atoms with E-state index in [1.165, 1.54) is 4.31 Å². The summed E-state index contributed by atoms with van der Waals surface area (Å²) in [6.45, 7) is 5.80. The number of hydrogen-bond acceptors (Lipinski definition) is 4. The normalized spacial score (nSPS) is 24.4. The fraction of sp³-hybridized carbons (Fsp3) is 0.733. The predicted octanol–water partition coefficient (Wildman–Crippen LogP) is 0.526. The van der Waals surface area contributed by atoms with Gasteiger partial charge in [-0.3, -0.25) is 9.48 Å². The third-order valence-corrected chi connectivity index (χ3v) is 6.60. The van der Waals surface area contributed by atoms with E-state index in [-0.39, 0.29) is 24.2 Å². The first kappa shape index (κ1) is 16.4. The van der Waals surface area contributed by atoms with Gasteiger partial charge in [0.1, 0.15) is 0 Å². The number of aryl methyl sites for hydroxylation is 2. The van der Waals surface area contributed by atoms with Crippen LogP contribution in [0.4, 0.5) is 0 Å². The van der Waals surface area contributed by atoms with Crippen LogP contribution in [0, 0.1) is 13.8 Å². The first-order valence-electron chi connectivity index (χ1n) is 8.15. The van der Waals surface area contributed by atoms with E-state index in [0.29, 0.717) is 26.1 Å². The maximum atomic E-state index is 12.6. The molecule has 2 aliphatic heterocycles. The number of hydrogen-bond donors (Lipinski definition) is 0. The Hall–Kier alpha value is -1.41. The lowest BCUT2D eigenvalue weighted by Gasteiger charge is -2.27. The summed E-state index contributed by atoms with van der Waals surface area (Å²) < 4.78 is 27.0. The fourth-order valence-electron chi connectivity index (χ4n) is 3.52. The van der Waals surface area contributed by atoms with Gasteiger partial charge in [0, 0.05) is 18.8 Å². The Balaban J connectivity index is 1.66. The monoisotopic (exact) mass is 340 g/mol. The van der Waals surface area contributed by atoms with Crippen LogP contribution in [0.3, 0.4) is 0 Å². The van der Waals surface area contributed by atoms with Gasteiger partial charge in [-0.2, -0.15) is 9.40 Å². The van der Waals surface area contributed by atoms with Crippen molar-refractivity contribution in [2.45, 2.75) is 45.7 Å². The Labute approximate surface area is 137 Å². The summed E-state index contributed by atoms with van der Waals surface area (Å²) in [7, 11) is -3.22. The Bertz CT molecular complexity index is 698. The molecule has 0 N–H and O–H groups in total. The highest BCUT2D eigenvalue weighted by Crippen LogP contribution is 2.21. The third kappa shape index (κ3) is 3.42. The van der Waals surface area contributed by atoms with E-state index in [1.807, 2.05) is 29.5 Å². The van der Waals surface area contributed by atoms with Crippen LogP contribution in [0.1, 0.15) is 30.7 Å². The van der Waals surface area contributed by atoms with Crippen molar-refractivity contribution in [3.63, 3.8) is 0 Å². The van der Waals surface area contributed by atoms with E-state index in [9.17, 15) is 13.2 Å². The average molecular weight is 340 g/mol. The van der Waals surface area contributed by atoms with E-state index in [4.69, 9.17) is 0 Å². The van der Waals surface area contributed by atoms with Crippen molar-refractivity contribution in [3.05, 3.63) is 17.5 Å². The van der Waals surface area contributed by atoms with Crippen molar-refractivity contribution in [1.82, 2.24) is 19.0 Å². The zero-order valence-corrected chi connectivity index (χ0v) is 14.5. The summed E-state index contributed by atoms with van der Waals surface area (Å²) in [5.74, 6) is 0.0784. The molecule has 1 amide bonds. The van der Waals surface area contributed by atoms with Crippen molar-refractivity contribution in [2.75, 3.05) is 25.4 Å². The van der Waals surface area contributed by atoms with E-state index < -0.39 is 10.0 Å². The molecular formula is C15H24N4O3S. The van der Waals surface area contributed by atoms with Gasteiger partial charge in [-0.1, -0.05) is 0 Å². The van der Waals surface area contributed by atoms with Crippen molar-refractivity contribution in [3.8, 4) is 0 Å². The molecule has 7 nitrogen and oxygen atoms in total. The van der Waals surface area contributed by atoms with Gasteiger partial charge in [0.05, 0.1) is 30.6 Å². The SMILES string of the molecule is Cc1cc(C)n(C[C@H]2CCCN2C(=O)CN2CCCS2(=O)=O)n1. The van der Waals surface area contributed by atoms with Gasteiger partial charge >= 0.3 is 0 Å². The Morgan fingerprint density at radius 2 is 2.09 bits per heavy atom. The van der Waals surface area contributed by atoms with Crippen LogP contribution < -0.4 is 0 Å². The highest BCUT2D eigenvalue weighted by Gasteiger charge is 2.35. The summed E-state index contributed by atoms with van der Waals surface area (Å²) in [5, 5.41) is 4.47. The van der Waals surface area contributed by atoms with Crippen LogP contribution >= 0.6 is 0 Å². The molecule has 0 unspecified atom stereocenters. The maximum absolute atomic E-state index is 12.6. The van der Waals surface area contributed by atoms with Crippen LogP contribution in [0.5, 0.6) is 0 Å². The summed E-state index contributed by atoms with van der Waals surface area (Å²) >= 11 is 0. The van der Waals surface area contributed by atoms with Gasteiger partial charge in [0.25, 0.3) is 0 Å². The molecule has 23 heavy (non-hydrogen) atoms. The quantitative estimate of drug-likeness (QED) is 0.801. The summed E-state index contributed by atoms with van der Waals surface area (Å²) in [4.78, 5) is 14.4. The second-order valence-electron chi connectivity index (χ2n) is 6.50. The minimum absolute atomic E-state index is 0.0179. The Morgan fingerprint density at radius 1 is 1.30 bits per heavy atom. The number of amides is 1. The lowest BCUT2D eigenvalue weighted by atomic mass is 10.2. The topological polar surface area (TPSA) is 75.5 Å². The van der Waals surface area contributed by atoms with Crippen LogP contribution in [-0.2, 0) is 21.4 Å². The van der Waals surface area contributed by atoms with Crippen molar-refractivity contribution >= 4 is 15.9 Å². The number of sulfonamides is 1. The zero-order valence-electron chi connectivity index (χ0n) is 13.7. The van der Waals surface area contributed by atoms with E-state index >= 15 is 0 Å². The Kier molecular flexibility index (Phi) is 4.46. The Morgan fingerprint density at radius 3 is 2.70 bits per heavy atom. The van der Waals surface area contributed by atoms with Crippen molar-refractivity contribution in [2.24, 2.45) is 0 Å². The second-order valence-corrected chi connectivity index (χ2v) is 8.58. The van der Waals surface area contributed by atoms with Gasteiger partial charge in [0.15, 0.2) is 0 Å². The molecule has 2 saturated heterocycles. The minimum Gasteiger partial charge on any atom is -0.337 e.